The zero-order chi connectivity index (χ0) is 13.5. The standard InChI is InChI=1S/C11H18N2O5/c1-2-18-9(14)6-12-11(17)13-5-3-4-8(7-13)10(15)16/h8H,2-7H2,1H3,(H,12,17)(H,15,16)/t8-/m1/s1. The molecular formula is C11H18N2O5. The second kappa shape index (κ2) is 6.83. The van der Waals surface area contributed by atoms with Gasteiger partial charge in [-0.3, -0.25) is 9.59 Å². The number of carbonyl (C=O) groups is 3. The van der Waals surface area contributed by atoms with Gasteiger partial charge in [-0.1, -0.05) is 0 Å². The van der Waals surface area contributed by atoms with Crippen LogP contribution >= 0.6 is 0 Å². The Morgan fingerprint density at radius 1 is 1.44 bits per heavy atom. The summed E-state index contributed by atoms with van der Waals surface area (Å²) in [7, 11) is 0. The van der Waals surface area contributed by atoms with E-state index in [-0.39, 0.29) is 19.7 Å². The number of piperidine rings is 1. The first-order valence-electron chi connectivity index (χ1n) is 5.95. The summed E-state index contributed by atoms with van der Waals surface area (Å²) in [6, 6.07) is -0.422. The molecule has 1 atom stereocenters. The van der Waals surface area contributed by atoms with Gasteiger partial charge >= 0.3 is 18.0 Å². The van der Waals surface area contributed by atoms with E-state index in [1.54, 1.807) is 6.92 Å². The molecule has 0 aromatic heterocycles. The molecule has 0 radical (unpaired) electrons. The van der Waals surface area contributed by atoms with Crippen LogP contribution < -0.4 is 5.32 Å². The predicted molar refractivity (Wildman–Crippen MR) is 62.0 cm³/mol. The van der Waals surface area contributed by atoms with Crippen molar-refractivity contribution in [2.45, 2.75) is 19.8 Å². The maximum atomic E-state index is 11.7. The third-order valence-corrected chi connectivity index (χ3v) is 2.75. The molecule has 1 aliphatic heterocycles. The molecule has 0 aromatic carbocycles. The molecule has 2 amide bonds. The van der Waals surface area contributed by atoms with Crippen molar-refractivity contribution in [1.82, 2.24) is 10.2 Å². The van der Waals surface area contributed by atoms with Crippen LogP contribution in [0.1, 0.15) is 19.8 Å². The number of likely N-dealkylation sites (tertiary alicyclic amines) is 1. The molecule has 102 valence electrons. The predicted octanol–water partition coefficient (Wildman–Crippen LogP) is 0.0557. The molecule has 0 bridgehead atoms. The second-order valence-corrected chi connectivity index (χ2v) is 4.09. The normalized spacial score (nSPS) is 19.2. The summed E-state index contributed by atoms with van der Waals surface area (Å²) in [5.41, 5.74) is 0. The molecule has 0 unspecified atom stereocenters. The average molecular weight is 258 g/mol. The van der Waals surface area contributed by atoms with Gasteiger partial charge in [-0.05, 0) is 19.8 Å². The average Bonchev–Trinajstić information content (AvgIpc) is 2.36. The molecule has 1 heterocycles. The van der Waals surface area contributed by atoms with E-state index in [0.717, 1.165) is 0 Å². The Hall–Kier alpha value is -1.79. The van der Waals surface area contributed by atoms with Gasteiger partial charge in [0, 0.05) is 13.1 Å². The second-order valence-electron chi connectivity index (χ2n) is 4.09. The number of esters is 1. The fourth-order valence-electron chi connectivity index (χ4n) is 1.83. The van der Waals surface area contributed by atoms with Gasteiger partial charge in [0.05, 0.1) is 12.5 Å². The fraction of sp³-hybridized carbons (Fsp3) is 0.727. The Kier molecular flexibility index (Phi) is 5.41. The molecule has 1 rings (SSSR count). The molecule has 2 N–H and O–H groups in total. The molecular weight excluding hydrogens is 240 g/mol. The summed E-state index contributed by atoms with van der Waals surface area (Å²) in [5, 5.41) is 11.3. The highest BCUT2D eigenvalue weighted by molar-refractivity contribution is 5.81. The molecule has 1 fully saturated rings. The molecule has 18 heavy (non-hydrogen) atoms. The zero-order valence-electron chi connectivity index (χ0n) is 10.3. The van der Waals surface area contributed by atoms with Gasteiger partial charge < -0.3 is 20.1 Å². The number of hydrogen-bond acceptors (Lipinski definition) is 4. The minimum absolute atomic E-state index is 0.185. The minimum Gasteiger partial charge on any atom is -0.481 e. The van der Waals surface area contributed by atoms with Crippen LogP contribution in [0.4, 0.5) is 4.79 Å². The Balaban J connectivity index is 2.37. The summed E-state index contributed by atoms with van der Waals surface area (Å²) < 4.78 is 4.67. The summed E-state index contributed by atoms with van der Waals surface area (Å²) in [6.07, 6.45) is 1.24. The molecule has 0 aromatic rings. The van der Waals surface area contributed by atoms with Crippen LogP contribution in [0.2, 0.25) is 0 Å². The molecule has 7 heteroatoms. The summed E-state index contributed by atoms with van der Waals surface area (Å²) >= 11 is 0. The number of nitrogens with one attached hydrogen (secondary N) is 1. The summed E-state index contributed by atoms with van der Waals surface area (Å²) in [5.74, 6) is -1.91. The molecule has 0 saturated carbocycles. The van der Waals surface area contributed by atoms with Crippen molar-refractivity contribution in [2.24, 2.45) is 5.92 Å². The third kappa shape index (κ3) is 4.23. The SMILES string of the molecule is CCOC(=O)CNC(=O)N1CCC[C@@H](C(=O)O)C1. The van der Waals surface area contributed by atoms with Crippen LogP contribution in [0, 0.1) is 5.92 Å². The van der Waals surface area contributed by atoms with E-state index in [0.29, 0.717) is 19.4 Å². The molecule has 1 saturated heterocycles. The number of ether oxygens (including phenoxy) is 1. The number of carboxylic acids is 1. The van der Waals surface area contributed by atoms with E-state index in [9.17, 15) is 14.4 Å². The number of aliphatic carboxylic acids is 1. The Labute approximate surface area is 105 Å². The van der Waals surface area contributed by atoms with E-state index in [4.69, 9.17) is 5.11 Å². The van der Waals surface area contributed by atoms with Crippen molar-refractivity contribution in [3.8, 4) is 0 Å². The smallest absolute Gasteiger partial charge is 0.325 e. The van der Waals surface area contributed by atoms with Gasteiger partial charge in [0.15, 0.2) is 0 Å². The van der Waals surface area contributed by atoms with Crippen LogP contribution in [-0.4, -0.2) is 54.2 Å². The van der Waals surface area contributed by atoms with Crippen molar-refractivity contribution < 1.29 is 24.2 Å². The van der Waals surface area contributed by atoms with Crippen molar-refractivity contribution in [1.29, 1.82) is 0 Å². The van der Waals surface area contributed by atoms with Crippen LogP contribution in [0.15, 0.2) is 0 Å². The van der Waals surface area contributed by atoms with Crippen molar-refractivity contribution in [3.05, 3.63) is 0 Å². The highest BCUT2D eigenvalue weighted by Crippen LogP contribution is 2.16. The van der Waals surface area contributed by atoms with Gasteiger partial charge in [0.2, 0.25) is 0 Å². The number of urea groups is 1. The van der Waals surface area contributed by atoms with E-state index >= 15 is 0 Å². The quantitative estimate of drug-likeness (QED) is 0.695. The monoisotopic (exact) mass is 258 g/mol. The number of hydrogen-bond donors (Lipinski definition) is 2. The van der Waals surface area contributed by atoms with Gasteiger partial charge in [-0.15, -0.1) is 0 Å². The van der Waals surface area contributed by atoms with Crippen molar-refractivity contribution in [2.75, 3.05) is 26.2 Å². The third-order valence-electron chi connectivity index (χ3n) is 2.75. The number of carboxylic acid groups (broad SMARTS) is 1. The summed E-state index contributed by atoms with van der Waals surface area (Å²) in [6.45, 7) is 2.45. The Morgan fingerprint density at radius 3 is 2.78 bits per heavy atom. The van der Waals surface area contributed by atoms with Crippen LogP contribution in [0.3, 0.4) is 0 Å². The molecule has 0 aliphatic carbocycles. The van der Waals surface area contributed by atoms with E-state index in [1.165, 1.54) is 4.90 Å². The van der Waals surface area contributed by atoms with Crippen LogP contribution in [-0.2, 0) is 14.3 Å². The van der Waals surface area contributed by atoms with E-state index in [2.05, 4.69) is 10.1 Å². The number of rotatable bonds is 4. The first kappa shape index (κ1) is 14.3. The Bertz CT molecular complexity index is 331. The maximum absolute atomic E-state index is 11.7. The maximum Gasteiger partial charge on any atom is 0.325 e. The van der Waals surface area contributed by atoms with Crippen molar-refractivity contribution in [3.63, 3.8) is 0 Å². The molecule has 0 spiro atoms. The number of amides is 2. The van der Waals surface area contributed by atoms with Gasteiger partial charge in [-0.25, -0.2) is 4.79 Å². The van der Waals surface area contributed by atoms with Crippen molar-refractivity contribution >= 4 is 18.0 Å². The lowest BCUT2D eigenvalue weighted by atomic mass is 9.99. The zero-order valence-corrected chi connectivity index (χ0v) is 10.3. The minimum atomic E-state index is -0.891. The van der Waals surface area contributed by atoms with Gasteiger partial charge in [0.25, 0.3) is 0 Å². The molecule has 7 nitrogen and oxygen atoms in total. The van der Waals surface area contributed by atoms with Crippen LogP contribution in [0.5, 0.6) is 0 Å². The number of carbonyl (C=O) groups excluding carboxylic acids is 2. The van der Waals surface area contributed by atoms with E-state index < -0.39 is 23.9 Å². The highest BCUT2D eigenvalue weighted by atomic mass is 16.5. The first-order chi connectivity index (χ1) is 8.54. The van der Waals surface area contributed by atoms with Gasteiger partial charge in [0.1, 0.15) is 6.54 Å². The van der Waals surface area contributed by atoms with E-state index in [1.807, 2.05) is 0 Å². The largest absolute Gasteiger partial charge is 0.481 e. The molecule has 1 aliphatic rings. The van der Waals surface area contributed by atoms with Crippen LogP contribution in [0.25, 0.3) is 0 Å². The lowest BCUT2D eigenvalue weighted by Crippen LogP contribution is -2.48. The highest BCUT2D eigenvalue weighted by Gasteiger charge is 2.28. The fourth-order valence-corrected chi connectivity index (χ4v) is 1.83. The Morgan fingerprint density at radius 2 is 2.17 bits per heavy atom. The lowest BCUT2D eigenvalue weighted by Gasteiger charge is -2.30. The number of nitrogens with zero attached hydrogens (tertiary/aromatic N) is 1. The topological polar surface area (TPSA) is 95.9 Å². The van der Waals surface area contributed by atoms with Gasteiger partial charge in [-0.2, -0.15) is 0 Å². The lowest BCUT2D eigenvalue weighted by molar-refractivity contribution is -0.144. The summed E-state index contributed by atoms with van der Waals surface area (Å²) in [4.78, 5) is 35.0. The first-order valence-corrected chi connectivity index (χ1v) is 5.95.